The summed E-state index contributed by atoms with van der Waals surface area (Å²) >= 11 is 0. The molecule has 1 aromatic rings. The Bertz CT molecular complexity index is 440. The van der Waals surface area contributed by atoms with Gasteiger partial charge >= 0.3 is 12.4 Å². The summed E-state index contributed by atoms with van der Waals surface area (Å²) in [6.45, 7) is 2.86. The number of benzene rings is 1. The van der Waals surface area contributed by atoms with Crippen molar-refractivity contribution in [3.8, 4) is 0 Å². The molecule has 0 heterocycles. The third kappa shape index (κ3) is 4.88. The first-order chi connectivity index (χ1) is 9.14. The molecule has 0 aromatic heterocycles. The summed E-state index contributed by atoms with van der Waals surface area (Å²) in [5, 5.41) is 2.88. The topological polar surface area (TPSA) is 12.0 Å². The summed E-state index contributed by atoms with van der Waals surface area (Å²) in [5.74, 6) is 0. The van der Waals surface area contributed by atoms with Gasteiger partial charge in [0.1, 0.15) is 0 Å². The number of alkyl halides is 6. The van der Waals surface area contributed by atoms with Crippen LogP contribution in [0.15, 0.2) is 24.3 Å². The molecule has 0 aliphatic carbocycles. The molecule has 1 nitrogen and oxygen atoms in total. The maximum absolute atomic E-state index is 12.6. The zero-order valence-corrected chi connectivity index (χ0v) is 10.6. The maximum atomic E-state index is 12.6. The van der Waals surface area contributed by atoms with Gasteiger partial charge in [0.25, 0.3) is 0 Å². The standard InChI is InChI=1S/C13H13F6N/c1-2-20-5-3-4-9-6-10(12(14,15)16)8-11(7-9)13(17,18)19/h3-4,6-8,20H,2,5H2,1H3/b4-3+. The van der Waals surface area contributed by atoms with E-state index in [0.29, 0.717) is 25.2 Å². The van der Waals surface area contributed by atoms with Crippen molar-refractivity contribution in [3.05, 3.63) is 41.0 Å². The average molecular weight is 297 g/mol. The lowest BCUT2D eigenvalue weighted by atomic mass is 10.0. The highest BCUT2D eigenvalue weighted by Gasteiger charge is 2.36. The van der Waals surface area contributed by atoms with Crippen LogP contribution in [-0.2, 0) is 12.4 Å². The summed E-state index contributed by atoms with van der Waals surface area (Å²) in [5.41, 5.74) is -2.75. The first-order valence-electron chi connectivity index (χ1n) is 5.81. The van der Waals surface area contributed by atoms with Crippen molar-refractivity contribution in [2.75, 3.05) is 13.1 Å². The second-order valence-electron chi connectivity index (χ2n) is 4.05. The van der Waals surface area contributed by atoms with Crippen LogP contribution < -0.4 is 5.32 Å². The molecule has 1 aromatic carbocycles. The SMILES string of the molecule is CCNC/C=C/c1cc(C(F)(F)F)cc(C(F)(F)F)c1. The molecule has 20 heavy (non-hydrogen) atoms. The van der Waals surface area contributed by atoms with Crippen LogP contribution >= 0.6 is 0 Å². The van der Waals surface area contributed by atoms with E-state index in [4.69, 9.17) is 0 Å². The molecule has 0 spiro atoms. The minimum Gasteiger partial charge on any atom is -0.314 e. The molecule has 0 unspecified atom stereocenters. The van der Waals surface area contributed by atoms with E-state index in [0.717, 1.165) is 0 Å². The minimum absolute atomic E-state index is 0.113. The lowest BCUT2D eigenvalue weighted by Gasteiger charge is -2.12. The van der Waals surface area contributed by atoms with E-state index in [1.165, 1.54) is 12.2 Å². The van der Waals surface area contributed by atoms with Gasteiger partial charge in [0.15, 0.2) is 0 Å². The Kier molecular flexibility index (Phi) is 5.21. The predicted octanol–water partition coefficient (Wildman–Crippen LogP) is 4.35. The van der Waals surface area contributed by atoms with Crippen LogP contribution in [0, 0.1) is 0 Å². The number of nitrogens with one attached hydrogen (secondary N) is 1. The Balaban J connectivity index is 3.14. The van der Waals surface area contributed by atoms with Gasteiger partial charge < -0.3 is 5.32 Å². The zero-order chi connectivity index (χ0) is 15.4. The molecule has 0 saturated carbocycles. The van der Waals surface area contributed by atoms with E-state index in [-0.39, 0.29) is 11.6 Å². The van der Waals surface area contributed by atoms with Gasteiger partial charge in [-0.25, -0.2) is 0 Å². The predicted molar refractivity (Wildman–Crippen MR) is 64.0 cm³/mol. The van der Waals surface area contributed by atoms with Crippen LogP contribution in [0.3, 0.4) is 0 Å². The zero-order valence-electron chi connectivity index (χ0n) is 10.6. The van der Waals surface area contributed by atoms with Gasteiger partial charge in [-0.05, 0) is 30.3 Å². The normalized spacial score (nSPS) is 13.2. The van der Waals surface area contributed by atoms with Crippen molar-refractivity contribution >= 4 is 6.08 Å². The van der Waals surface area contributed by atoms with Gasteiger partial charge in [0.05, 0.1) is 11.1 Å². The first-order valence-corrected chi connectivity index (χ1v) is 5.81. The van der Waals surface area contributed by atoms with Crippen molar-refractivity contribution in [1.29, 1.82) is 0 Å². The smallest absolute Gasteiger partial charge is 0.314 e. The van der Waals surface area contributed by atoms with E-state index in [2.05, 4.69) is 5.32 Å². The molecule has 7 heteroatoms. The lowest BCUT2D eigenvalue weighted by Crippen LogP contribution is -2.12. The molecule has 0 fully saturated rings. The van der Waals surface area contributed by atoms with Crippen LogP contribution in [0.2, 0.25) is 0 Å². The highest BCUT2D eigenvalue weighted by atomic mass is 19.4. The number of halogens is 6. The monoisotopic (exact) mass is 297 g/mol. The van der Waals surface area contributed by atoms with Crippen molar-refractivity contribution in [3.63, 3.8) is 0 Å². The molecule has 0 saturated heterocycles. The first kappa shape index (κ1) is 16.6. The van der Waals surface area contributed by atoms with Crippen LogP contribution in [0.5, 0.6) is 0 Å². The summed E-state index contributed by atoms with van der Waals surface area (Å²) in [7, 11) is 0. The molecular formula is C13H13F6N. The molecular weight excluding hydrogens is 284 g/mol. The van der Waals surface area contributed by atoms with Gasteiger partial charge in [-0.2, -0.15) is 26.3 Å². The van der Waals surface area contributed by atoms with E-state index in [1.807, 2.05) is 6.92 Å². The highest BCUT2D eigenvalue weighted by molar-refractivity contribution is 5.53. The molecule has 0 amide bonds. The van der Waals surface area contributed by atoms with Gasteiger partial charge in [0.2, 0.25) is 0 Å². The third-order valence-corrected chi connectivity index (χ3v) is 2.43. The van der Waals surface area contributed by atoms with E-state index in [9.17, 15) is 26.3 Å². The van der Waals surface area contributed by atoms with Gasteiger partial charge in [-0.3, -0.25) is 0 Å². The second-order valence-corrected chi connectivity index (χ2v) is 4.05. The molecule has 0 bridgehead atoms. The largest absolute Gasteiger partial charge is 0.416 e. The van der Waals surface area contributed by atoms with E-state index in [1.54, 1.807) is 0 Å². The lowest BCUT2D eigenvalue weighted by molar-refractivity contribution is -0.143. The van der Waals surface area contributed by atoms with Crippen LogP contribution in [0.1, 0.15) is 23.6 Å². The number of likely N-dealkylation sites (N-methyl/N-ethyl adjacent to an activating group) is 1. The van der Waals surface area contributed by atoms with Crippen molar-refractivity contribution in [2.24, 2.45) is 0 Å². The van der Waals surface area contributed by atoms with Gasteiger partial charge in [0, 0.05) is 6.54 Å². The van der Waals surface area contributed by atoms with E-state index >= 15 is 0 Å². The third-order valence-electron chi connectivity index (χ3n) is 2.43. The van der Waals surface area contributed by atoms with E-state index < -0.39 is 23.5 Å². The molecule has 0 aliphatic rings. The Labute approximate surface area is 112 Å². The van der Waals surface area contributed by atoms with Gasteiger partial charge in [-0.15, -0.1) is 0 Å². The number of hydrogen-bond donors (Lipinski definition) is 1. The summed E-state index contributed by atoms with van der Waals surface area (Å²) in [6.07, 6.45) is -6.93. The molecule has 0 aliphatic heterocycles. The molecule has 1 rings (SSSR count). The molecule has 0 radical (unpaired) electrons. The molecule has 0 atom stereocenters. The van der Waals surface area contributed by atoms with Crippen LogP contribution in [0.25, 0.3) is 6.08 Å². The minimum atomic E-state index is -4.81. The summed E-state index contributed by atoms with van der Waals surface area (Å²) in [4.78, 5) is 0. The molecule has 112 valence electrons. The molecule has 1 N–H and O–H groups in total. The highest BCUT2D eigenvalue weighted by Crippen LogP contribution is 2.36. The van der Waals surface area contributed by atoms with Crippen LogP contribution in [0.4, 0.5) is 26.3 Å². The Morgan fingerprint density at radius 3 is 1.85 bits per heavy atom. The van der Waals surface area contributed by atoms with Crippen molar-refractivity contribution < 1.29 is 26.3 Å². The Hall–Kier alpha value is -1.50. The fourth-order valence-electron chi connectivity index (χ4n) is 1.50. The summed E-state index contributed by atoms with van der Waals surface area (Å²) < 4.78 is 75.5. The number of rotatable bonds is 4. The fraction of sp³-hybridized carbons (Fsp3) is 0.385. The Morgan fingerprint density at radius 1 is 0.950 bits per heavy atom. The van der Waals surface area contributed by atoms with Crippen LogP contribution in [-0.4, -0.2) is 13.1 Å². The Morgan fingerprint density at radius 2 is 1.45 bits per heavy atom. The average Bonchev–Trinajstić information content (AvgIpc) is 2.32. The maximum Gasteiger partial charge on any atom is 0.416 e. The van der Waals surface area contributed by atoms with Crippen molar-refractivity contribution in [1.82, 2.24) is 5.32 Å². The summed E-state index contributed by atoms with van der Waals surface area (Å²) in [6, 6.07) is 1.50. The second kappa shape index (κ2) is 6.30. The van der Waals surface area contributed by atoms with Crippen molar-refractivity contribution in [2.45, 2.75) is 19.3 Å². The number of hydrogen-bond acceptors (Lipinski definition) is 1. The quantitative estimate of drug-likeness (QED) is 0.643. The van der Waals surface area contributed by atoms with Gasteiger partial charge in [-0.1, -0.05) is 19.1 Å². The fourth-order valence-corrected chi connectivity index (χ4v) is 1.50.